The lowest BCUT2D eigenvalue weighted by Gasteiger charge is -2.30. The summed E-state index contributed by atoms with van der Waals surface area (Å²) in [7, 11) is 2.14. The summed E-state index contributed by atoms with van der Waals surface area (Å²) < 4.78 is 7.02. The van der Waals surface area contributed by atoms with Crippen molar-refractivity contribution in [2.45, 2.75) is 31.3 Å². The molecule has 1 atom stereocenters. The van der Waals surface area contributed by atoms with Crippen LogP contribution in [0, 0.1) is 0 Å². The molecule has 2 fully saturated rings. The van der Waals surface area contributed by atoms with Crippen molar-refractivity contribution in [3.63, 3.8) is 0 Å². The highest BCUT2D eigenvalue weighted by Gasteiger charge is 2.45. The van der Waals surface area contributed by atoms with Gasteiger partial charge in [0.15, 0.2) is 5.96 Å². The van der Waals surface area contributed by atoms with Gasteiger partial charge in [0, 0.05) is 36.1 Å². The molecule has 5 nitrogen and oxygen atoms in total. The van der Waals surface area contributed by atoms with Crippen molar-refractivity contribution in [3.05, 3.63) is 34.3 Å². The van der Waals surface area contributed by atoms with Gasteiger partial charge in [-0.3, -0.25) is 4.99 Å². The Labute approximate surface area is 159 Å². The molecule has 1 aromatic carbocycles. The van der Waals surface area contributed by atoms with E-state index in [1.807, 2.05) is 0 Å². The van der Waals surface area contributed by atoms with E-state index in [1.54, 1.807) is 0 Å². The monoisotopic (exact) mass is 408 g/mol. The van der Waals surface area contributed by atoms with E-state index in [0.717, 1.165) is 45.3 Å². The molecule has 0 radical (unpaired) electrons. The molecule has 2 aliphatic rings. The normalized spacial score (nSPS) is 23.3. The predicted molar refractivity (Wildman–Crippen MR) is 106 cm³/mol. The quantitative estimate of drug-likeness (QED) is 0.560. The van der Waals surface area contributed by atoms with Crippen molar-refractivity contribution >= 4 is 21.9 Å². The standard InChI is InChI=1S/C19H29BrN4O/c1-3-21-18(22-12-15-13-24(2)10-11-25-15)23-14-19(8-9-19)16-6-4-5-7-17(16)20/h4-7,15H,3,8-14H2,1-2H3,(H2,21,22,23). The van der Waals surface area contributed by atoms with E-state index in [9.17, 15) is 0 Å². The third kappa shape index (κ3) is 4.96. The molecule has 0 bridgehead atoms. The molecule has 25 heavy (non-hydrogen) atoms. The fraction of sp³-hybridized carbons (Fsp3) is 0.632. The van der Waals surface area contributed by atoms with Crippen molar-refractivity contribution in [3.8, 4) is 0 Å². The molecule has 1 aliphatic carbocycles. The molecule has 0 amide bonds. The Bertz CT molecular complexity index is 603. The Morgan fingerprint density at radius 1 is 1.36 bits per heavy atom. The van der Waals surface area contributed by atoms with E-state index in [-0.39, 0.29) is 11.5 Å². The summed E-state index contributed by atoms with van der Waals surface area (Å²) in [5.74, 6) is 0.887. The van der Waals surface area contributed by atoms with Crippen LogP contribution in [-0.4, -0.2) is 63.3 Å². The van der Waals surface area contributed by atoms with E-state index < -0.39 is 0 Å². The van der Waals surface area contributed by atoms with Crippen LogP contribution in [0.25, 0.3) is 0 Å². The minimum absolute atomic E-state index is 0.198. The predicted octanol–water partition coefficient (Wildman–Crippen LogP) is 2.37. The molecule has 1 heterocycles. The summed E-state index contributed by atoms with van der Waals surface area (Å²) >= 11 is 3.70. The lowest BCUT2D eigenvalue weighted by Crippen LogP contribution is -2.48. The van der Waals surface area contributed by atoms with Crippen LogP contribution in [0.15, 0.2) is 33.7 Å². The van der Waals surface area contributed by atoms with Gasteiger partial charge in [-0.25, -0.2) is 0 Å². The fourth-order valence-electron chi connectivity index (χ4n) is 3.33. The second-order valence-electron chi connectivity index (χ2n) is 7.09. The van der Waals surface area contributed by atoms with Crippen LogP contribution in [0.1, 0.15) is 25.3 Å². The van der Waals surface area contributed by atoms with Gasteiger partial charge < -0.3 is 20.3 Å². The largest absolute Gasteiger partial charge is 0.374 e. The smallest absolute Gasteiger partial charge is 0.191 e. The maximum Gasteiger partial charge on any atom is 0.191 e. The number of ether oxygens (including phenoxy) is 1. The molecule has 2 N–H and O–H groups in total. The van der Waals surface area contributed by atoms with Crippen molar-refractivity contribution in [1.29, 1.82) is 0 Å². The minimum Gasteiger partial charge on any atom is -0.374 e. The topological polar surface area (TPSA) is 48.9 Å². The molecule has 3 rings (SSSR count). The molecule has 0 spiro atoms. The summed E-state index contributed by atoms with van der Waals surface area (Å²) in [6, 6.07) is 8.53. The van der Waals surface area contributed by atoms with Crippen molar-refractivity contribution in [1.82, 2.24) is 15.5 Å². The van der Waals surface area contributed by atoms with Crippen LogP contribution in [0.5, 0.6) is 0 Å². The maximum absolute atomic E-state index is 5.83. The lowest BCUT2D eigenvalue weighted by molar-refractivity contribution is -0.0161. The first-order valence-corrected chi connectivity index (χ1v) is 9.99. The van der Waals surface area contributed by atoms with E-state index >= 15 is 0 Å². The van der Waals surface area contributed by atoms with Gasteiger partial charge in [-0.15, -0.1) is 0 Å². The molecule has 0 aromatic heterocycles. The van der Waals surface area contributed by atoms with Gasteiger partial charge in [0.1, 0.15) is 0 Å². The zero-order valence-corrected chi connectivity index (χ0v) is 16.8. The van der Waals surface area contributed by atoms with E-state index in [4.69, 9.17) is 9.73 Å². The number of nitrogens with zero attached hydrogens (tertiary/aromatic N) is 2. The first-order valence-electron chi connectivity index (χ1n) is 9.20. The van der Waals surface area contributed by atoms with Crippen molar-refractivity contribution in [2.24, 2.45) is 4.99 Å². The highest BCUT2D eigenvalue weighted by atomic mass is 79.9. The number of guanidine groups is 1. The van der Waals surface area contributed by atoms with E-state index in [2.05, 4.69) is 69.7 Å². The molecular weight excluding hydrogens is 380 g/mol. The van der Waals surface area contributed by atoms with Crippen LogP contribution in [0.4, 0.5) is 0 Å². The van der Waals surface area contributed by atoms with Crippen LogP contribution in [-0.2, 0) is 10.2 Å². The number of hydrogen-bond acceptors (Lipinski definition) is 3. The number of aliphatic imine (C=N–C) groups is 1. The Morgan fingerprint density at radius 3 is 2.84 bits per heavy atom. The summed E-state index contributed by atoms with van der Waals surface area (Å²) in [5, 5.41) is 6.81. The Kier molecular flexibility index (Phi) is 6.36. The molecular formula is C19H29BrN4O. The second kappa shape index (κ2) is 8.52. The van der Waals surface area contributed by atoms with Crippen LogP contribution >= 0.6 is 15.9 Å². The number of likely N-dealkylation sites (N-methyl/N-ethyl adjacent to an activating group) is 1. The van der Waals surface area contributed by atoms with Crippen molar-refractivity contribution < 1.29 is 4.74 Å². The van der Waals surface area contributed by atoms with Crippen LogP contribution in [0.2, 0.25) is 0 Å². The Balaban J connectivity index is 1.59. The summed E-state index contributed by atoms with van der Waals surface area (Å²) in [5.41, 5.74) is 1.58. The third-order valence-electron chi connectivity index (χ3n) is 5.02. The number of rotatable bonds is 6. The second-order valence-corrected chi connectivity index (χ2v) is 7.95. The van der Waals surface area contributed by atoms with Crippen molar-refractivity contribution in [2.75, 3.05) is 46.4 Å². The van der Waals surface area contributed by atoms with Gasteiger partial charge in [-0.2, -0.15) is 0 Å². The minimum atomic E-state index is 0.198. The summed E-state index contributed by atoms with van der Waals surface area (Å²) in [6.45, 7) is 7.35. The number of morpholine rings is 1. The highest BCUT2D eigenvalue weighted by Crippen LogP contribution is 2.50. The van der Waals surface area contributed by atoms with Gasteiger partial charge in [0.2, 0.25) is 0 Å². The lowest BCUT2D eigenvalue weighted by atomic mass is 9.96. The average Bonchev–Trinajstić information content (AvgIpc) is 3.39. The molecule has 1 unspecified atom stereocenters. The van der Waals surface area contributed by atoms with Crippen LogP contribution in [0.3, 0.4) is 0 Å². The van der Waals surface area contributed by atoms with Gasteiger partial charge in [-0.1, -0.05) is 34.1 Å². The number of hydrogen-bond donors (Lipinski definition) is 2. The fourth-order valence-corrected chi connectivity index (χ4v) is 4.03. The summed E-state index contributed by atoms with van der Waals surface area (Å²) in [6.07, 6.45) is 2.63. The molecule has 1 aliphatic heterocycles. The molecule has 1 saturated heterocycles. The highest BCUT2D eigenvalue weighted by molar-refractivity contribution is 9.10. The number of benzene rings is 1. The molecule has 1 saturated carbocycles. The Hall–Kier alpha value is -1.11. The zero-order valence-electron chi connectivity index (χ0n) is 15.2. The maximum atomic E-state index is 5.83. The average molecular weight is 409 g/mol. The summed E-state index contributed by atoms with van der Waals surface area (Å²) in [4.78, 5) is 7.18. The first-order chi connectivity index (χ1) is 12.1. The van der Waals surface area contributed by atoms with Gasteiger partial charge in [0.05, 0.1) is 19.3 Å². The zero-order chi connectivity index (χ0) is 17.7. The van der Waals surface area contributed by atoms with E-state index in [0.29, 0.717) is 0 Å². The van der Waals surface area contributed by atoms with Crippen LogP contribution < -0.4 is 10.6 Å². The van der Waals surface area contributed by atoms with Gasteiger partial charge in [-0.05, 0) is 38.4 Å². The van der Waals surface area contributed by atoms with Gasteiger partial charge >= 0.3 is 0 Å². The Morgan fingerprint density at radius 2 is 2.16 bits per heavy atom. The number of nitrogens with one attached hydrogen (secondary N) is 2. The molecule has 1 aromatic rings. The van der Waals surface area contributed by atoms with E-state index in [1.165, 1.54) is 22.9 Å². The molecule has 138 valence electrons. The first kappa shape index (κ1) is 18.7. The SMILES string of the molecule is CCNC(=NCC1(c2ccccc2Br)CC1)NCC1CN(C)CCO1. The third-order valence-corrected chi connectivity index (χ3v) is 5.71. The molecule has 6 heteroatoms. The van der Waals surface area contributed by atoms with Gasteiger partial charge in [0.25, 0.3) is 0 Å². The number of halogens is 1.